The summed E-state index contributed by atoms with van der Waals surface area (Å²) in [6.45, 7) is 19.1. The summed E-state index contributed by atoms with van der Waals surface area (Å²) in [5.41, 5.74) is 2.57. The number of pyridine rings is 1. The first-order valence-electron chi connectivity index (χ1n) is 25.5. The van der Waals surface area contributed by atoms with Crippen molar-refractivity contribution < 1.29 is 46.9 Å². The minimum absolute atomic E-state index is 0.00163. The molecule has 2 aromatic carbocycles. The number of aliphatic hydroxyl groups excluding tert-OH is 1. The summed E-state index contributed by atoms with van der Waals surface area (Å²) in [6.07, 6.45) is -2.36. The Bertz CT molecular complexity index is 2800. The highest BCUT2D eigenvalue weighted by Gasteiger charge is 2.64. The fraction of sp³-hybridized carbons (Fsp3) is 0.527. The van der Waals surface area contributed by atoms with E-state index in [2.05, 4.69) is 35.7 Å². The lowest BCUT2D eigenvalue weighted by molar-refractivity contribution is -0.164. The van der Waals surface area contributed by atoms with E-state index in [0.29, 0.717) is 31.9 Å². The Labute approximate surface area is 439 Å². The smallest absolute Gasteiger partial charge is 0.417 e. The minimum atomic E-state index is -4.71. The number of amides is 3. The van der Waals surface area contributed by atoms with Gasteiger partial charge in [-0.25, -0.2) is 9.97 Å². The van der Waals surface area contributed by atoms with E-state index >= 15 is 0 Å². The zero-order chi connectivity index (χ0) is 53.6. The summed E-state index contributed by atoms with van der Waals surface area (Å²) >= 11 is 1.58. The Morgan fingerprint density at radius 1 is 1.00 bits per heavy atom. The number of aliphatic hydroxyl groups is 1. The molecule has 0 bridgehead atoms. The van der Waals surface area contributed by atoms with E-state index < -0.39 is 57.8 Å². The van der Waals surface area contributed by atoms with Gasteiger partial charge in [0.15, 0.2) is 0 Å². The fourth-order valence-corrected chi connectivity index (χ4v) is 12.6. The molecule has 2 unspecified atom stereocenters. The van der Waals surface area contributed by atoms with Crippen molar-refractivity contribution in [1.82, 2.24) is 35.7 Å². The van der Waals surface area contributed by atoms with E-state index in [4.69, 9.17) is 14.2 Å². The highest BCUT2D eigenvalue weighted by atomic mass is 32.1. The van der Waals surface area contributed by atoms with Gasteiger partial charge in [0.1, 0.15) is 29.8 Å². The lowest BCUT2D eigenvalue weighted by Gasteiger charge is -2.63. The Balaban J connectivity index is 0.711. The predicted octanol–water partition coefficient (Wildman–Crippen LogP) is 6.50. The standard InChI is InChI=1S/C55H66F3N9O7S/c1-32-45(75-31-61-32)34-10-8-33(9-11-34)44(37-28-73-29-37)63-48(70)42-22-39(68)27-67(42)49(71)46-52(2,3)24-38(62-46)30-72-21-20-65-16-18-66(19-17-65)43-15-13-36(26-60-43)47(69)64-50-53(4,5)51(54(50,6)7)74-40-14-12-35(25-59)41(23-40)55(56,57)58/h8-15,23-24,26,31,37,39,42,44,46,50-51,62,68H,16-22,27-30H2,1-7H3,(H,63,70)(H,64,69)/t39-,42+,44?,46?,50?,51?/m1/s1. The van der Waals surface area contributed by atoms with Gasteiger partial charge in [0.2, 0.25) is 11.8 Å². The van der Waals surface area contributed by atoms with Crippen molar-refractivity contribution in [2.24, 2.45) is 22.2 Å². The molecule has 6 heterocycles. The molecular weight excluding hydrogens is 988 g/mol. The van der Waals surface area contributed by atoms with Gasteiger partial charge in [-0.1, -0.05) is 71.9 Å². The van der Waals surface area contributed by atoms with E-state index in [-0.39, 0.29) is 61.0 Å². The number of rotatable bonds is 16. The maximum atomic E-state index is 14.3. The monoisotopic (exact) mass is 1050 g/mol. The fourth-order valence-electron chi connectivity index (χ4n) is 11.8. The number of aromatic nitrogens is 2. The topological polar surface area (TPSA) is 195 Å². The van der Waals surface area contributed by atoms with Crippen LogP contribution in [-0.4, -0.2) is 139 Å². The number of nitrogens with one attached hydrogen (secondary N) is 3. The molecule has 9 rings (SSSR count). The number of nitriles is 1. The normalized spacial score (nSPS) is 24.5. The van der Waals surface area contributed by atoms with Gasteiger partial charge in [-0.05, 0) is 48.4 Å². The first-order valence-corrected chi connectivity index (χ1v) is 26.4. The molecule has 400 valence electrons. The summed E-state index contributed by atoms with van der Waals surface area (Å²) in [5.74, 6) is -0.0358. The minimum Gasteiger partial charge on any atom is -0.489 e. The van der Waals surface area contributed by atoms with Crippen molar-refractivity contribution in [2.45, 2.75) is 97.4 Å². The van der Waals surface area contributed by atoms with Crippen LogP contribution in [0.5, 0.6) is 5.75 Å². The number of aryl methyl sites for hydroxylation is 1. The average Bonchev–Trinajstić information content (AvgIpc) is 4.10. The van der Waals surface area contributed by atoms with E-state index in [1.165, 1.54) is 11.0 Å². The van der Waals surface area contributed by atoms with Gasteiger partial charge in [-0.2, -0.15) is 18.4 Å². The number of piperazine rings is 1. The van der Waals surface area contributed by atoms with Crippen LogP contribution in [0.25, 0.3) is 10.4 Å². The van der Waals surface area contributed by atoms with Crippen molar-refractivity contribution in [3.63, 3.8) is 0 Å². The van der Waals surface area contributed by atoms with Crippen molar-refractivity contribution >= 4 is 34.9 Å². The first-order chi connectivity index (χ1) is 35.5. The molecule has 1 saturated carbocycles. The summed E-state index contributed by atoms with van der Waals surface area (Å²) in [5, 5.41) is 29.8. The van der Waals surface area contributed by atoms with Crippen LogP contribution in [0.4, 0.5) is 19.0 Å². The number of carbonyl (C=O) groups excluding carboxylic acids is 3. The number of nitrogens with zero attached hydrogens (tertiary/aromatic N) is 6. The number of likely N-dealkylation sites (tertiary alicyclic amines) is 1. The molecule has 1 aliphatic carbocycles. The van der Waals surface area contributed by atoms with Crippen LogP contribution < -0.4 is 25.6 Å². The van der Waals surface area contributed by atoms with Crippen LogP contribution in [0.15, 0.2) is 78.1 Å². The zero-order valence-electron chi connectivity index (χ0n) is 43.4. The van der Waals surface area contributed by atoms with E-state index in [9.17, 15) is 37.9 Å². The summed E-state index contributed by atoms with van der Waals surface area (Å²) in [7, 11) is 0. The number of ether oxygens (including phenoxy) is 3. The van der Waals surface area contributed by atoms with Crippen molar-refractivity contribution in [2.75, 3.05) is 70.6 Å². The predicted molar refractivity (Wildman–Crippen MR) is 275 cm³/mol. The van der Waals surface area contributed by atoms with Crippen molar-refractivity contribution in [3.05, 3.63) is 106 Å². The molecule has 16 nitrogen and oxygen atoms in total. The Morgan fingerprint density at radius 2 is 1.72 bits per heavy atom. The molecule has 2 aromatic heterocycles. The number of alkyl halides is 3. The quantitative estimate of drug-likeness (QED) is 0.0890. The lowest BCUT2D eigenvalue weighted by Crippen LogP contribution is -2.74. The maximum Gasteiger partial charge on any atom is 0.417 e. The molecule has 75 heavy (non-hydrogen) atoms. The van der Waals surface area contributed by atoms with Gasteiger partial charge in [0.05, 0.1) is 77.4 Å². The molecule has 4 fully saturated rings. The lowest BCUT2D eigenvalue weighted by atomic mass is 9.49. The van der Waals surface area contributed by atoms with Crippen LogP contribution in [0.3, 0.4) is 0 Å². The number of halogens is 3. The summed E-state index contributed by atoms with van der Waals surface area (Å²) < 4.78 is 58.7. The van der Waals surface area contributed by atoms with Crippen molar-refractivity contribution in [3.8, 4) is 22.3 Å². The first kappa shape index (κ1) is 53.7. The Hall–Kier alpha value is -6.11. The number of β-amino-alcohol motifs (C(OH)–C–C–N with tert-alkyl or cyclic N) is 1. The third-order valence-corrected chi connectivity index (χ3v) is 16.7. The highest BCUT2D eigenvalue weighted by molar-refractivity contribution is 7.13. The second-order valence-electron chi connectivity index (χ2n) is 22.3. The van der Waals surface area contributed by atoms with Gasteiger partial charge in [-0.15, -0.1) is 11.3 Å². The molecular formula is C55H66F3N9O7S. The van der Waals surface area contributed by atoms with Gasteiger partial charge in [0.25, 0.3) is 5.91 Å². The summed E-state index contributed by atoms with van der Waals surface area (Å²) in [6, 6.07) is 14.5. The third kappa shape index (κ3) is 11.1. The van der Waals surface area contributed by atoms with Crippen LogP contribution in [0.1, 0.15) is 86.7 Å². The van der Waals surface area contributed by atoms with E-state index in [1.807, 2.05) is 90.4 Å². The molecule has 0 radical (unpaired) electrons. The number of carbonyl (C=O) groups is 3. The second kappa shape index (κ2) is 21.1. The van der Waals surface area contributed by atoms with Gasteiger partial charge in [0, 0.05) is 85.8 Å². The van der Waals surface area contributed by atoms with Crippen LogP contribution in [-0.2, 0) is 25.2 Å². The maximum absolute atomic E-state index is 14.3. The summed E-state index contributed by atoms with van der Waals surface area (Å²) in [4.78, 5) is 58.0. The molecule has 4 aromatic rings. The molecule has 4 aliphatic heterocycles. The molecule has 5 aliphatic rings. The van der Waals surface area contributed by atoms with Gasteiger partial charge >= 0.3 is 6.18 Å². The van der Waals surface area contributed by atoms with Crippen LogP contribution >= 0.6 is 11.3 Å². The van der Waals surface area contributed by atoms with Gasteiger partial charge in [-0.3, -0.25) is 19.3 Å². The molecule has 20 heteroatoms. The second-order valence-corrected chi connectivity index (χ2v) is 23.1. The van der Waals surface area contributed by atoms with Gasteiger partial charge < -0.3 is 45.1 Å². The van der Waals surface area contributed by atoms with Crippen LogP contribution in [0.2, 0.25) is 0 Å². The van der Waals surface area contributed by atoms with Crippen molar-refractivity contribution in [1.29, 1.82) is 5.26 Å². The largest absolute Gasteiger partial charge is 0.489 e. The zero-order valence-corrected chi connectivity index (χ0v) is 44.2. The van der Waals surface area contributed by atoms with E-state index in [1.54, 1.807) is 29.7 Å². The molecule has 3 saturated heterocycles. The third-order valence-electron chi connectivity index (χ3n) is 15.7. The average molecular weight is 1050 g/mol. The number of hydrogen-bond acceptors (Lipinski definition) is 14. The van der Waals surface area contributed by atoms with Crippen LogP contribution in [0, 0.1) is 40.4 Å². The number of anilines is 1. The Morgan fingerprint density at radius 3 is 2.33 bits per heavy atom. The number of benzene rings is 2. The molecule has 3 amide bonds. The number of thiazole rings is 1. The number of hydrogen-bond donors (Lipinski definition) is 4. The SMILES string of the molecule is Cc1ncsc1-c1ccc(C(NC(=O)[C@@H]2C[C@@H](O)CN2C(=O)C2NC(COCCN3CCN(c4ccc(C(=O)NC5C(C)(C)C(Oc6ccc(C#N)c(C(F)(F)F)c6)C5(C)C)cn4)CC3)=CC2(C)C)C2COC2)cc1. The molecule has 4 atom stereocenters. The van der Waals surface area contributed by atoms with E-state index in [0.717, 1.165) is 71.5 Å². The molecule has 0 spiro atoms. The molecule has 4 N–H and O–H groups in total. The highest BCUT2D eigenvalue weighted by Crippen LogP contribution is 2.56. The Kier molecular flexibility index (Phi) is 15.1.